The first-order valence-electron chi connectivity index (χ1n) is 19.9. The normalized spacial score (nSPS) is 12.9. The highest BCUT2D eigenvalue weighted by Gasteiger charge is 2.37. The highest BCUT2D eigenvalue weighted by atomic mass is 16.3. The van der Waals surface area contributed by atoms with Gasteiger partial charge in [0.15, 0.2) is 0 Å². The molecular weight excluding hydrogens is 735 g/mol. The maximum atomic E-state index is 10.7. The van der Waals surface area contributed by atoms with Gasteiger partial charge in [0.1, 0.15) is 23.3 Å². The summed E-state index contributed by atoms with van der Waals surface area (Å²) in [5.41, 5.74) is 13.9. The van der Waals surface area contributed by atoms with Crippen molar-refractivity contribution in [2.24, 2.45) is 0 Å². The standard InChI is InChI=1S/C54H31N5O/c1-54(2)44-15-7-3-13-37(44)52-45(54)21-22-48-53(52)38-14-5-9-17-47(38)58(48)33-20-19-31(28-55)39(24-33)40-25-34(23-32(29-56)43(40)30-57)59-46-16-8-4-11-35(46)41-26-42-36-12-6-10-18-50(36)60-51(42)27-49(41)59/h3-27H,1-2H3. The van der Waals surface area contributed by atoms with E-state index in [9.17, 15) is 15.8 Å². The number of nitriles is 3. The molecule has 0 atom stereocenters. The molecule has 0 bridgehead atoms. The van der Waals surface area contributed by atoms with Gasteiger partial charge in [0.25, 0.3) is 0 Å². The molecule has 0 fully saturated rings. The summed E-state index contributed by atoms with van der Waals surface area (Å²) in [5, 5.41) is 38.5. The average molecular weight is 766 g/mol. The molecule has 3 heterocycles. The summed E-state index contributed by atoms with van der Waals surface area (Å²) in [6.07, 6.45) is 0. The maximum absolute atomic E-state index is 10.7. The molecule has 3 aromatic heterocycles. The molecule has 0 amide bonds. The number of aromatic nitrogens is 2. The Morgan fingerprint density at radius 1 is 0.450 bits per heavy atom. The molecular formula is C54H31N5O. The Bertz CT molecular complexity index is 3850. The Balaban J connectivity index is 1.13. The first-order valence-corrected chi connectivity index (χ1v) is 19.9. The lowest BCUT2D eigenvalue weighted by Gasteiger charge is -2.21. The summed E-state index contributed by atoms with van der Waals surface area (Å²) < 4.78 is 10.8. The van der Waals surface area contributed by atoms with Gasteiger partial charge in [-0.15, -0.1) is 0 Å². The molecule has 0 radical (unpaired) electrons. The van der Waals surface area contributed by atoms with E-state index in [1.165, 1.54) is 27.6 Å². The SMILES string of the molecule is CC1(C)c2ccccc2-c2c1ccc1c2c2ccccc2n1-c1ccc(C#N)c(-c2cc(-n3c4ccccc4c4cc5c(cc43)oc3ccccc35)cc(C#N)c2C#N)c1. The maximum Gasteiger partial charge on any atom is 0.137 e. The fraction of sp³-hybridized carbons (Fsp3) is 0.0556. The largest absolute Gasteiger partial charge is 0.456 e. The smallest absolute Gasteiger partial charge is 0.137 e. The van der Waals surface area contributed by atoms with Crippen LogP contribution in [0.2, 0.25) is 0 Å². The molecule has 0 N–H and O–H groups in total. The fourth-order valence-corrected chi connectivity index (χ4v) is 10.2. The van der Waals surface area contributed by atoms with E-state index in [0.29, 0.717) is 22.4 Å². The number of nitrogens with zero attached hydrogens (tertiary/aromatic N) is 5. The second-order valence-corrected chi connectivity index (χ2v) is 16.2. The van der Waals surface area contributed by atoms with E-state index in [0.717, 1.165) is 65.9 Å². The van der Waals surface area contributed by atoms with Crippen molar-refractivity contribution in [3.63, 3.8) is 0 Å². The summed E-state index contributed by atoms with van der Waals surface area (Å²) in [6.45, 7) is 4.59. The molecule has 6 nitrogen and oxygen atoms in total. The van der Waals surface area contributed by atoms with Crippen molar-refractivity contribution >= 4 is 65.6 Å². The molecule has 12 rings (SSSR count). The molecule has 0 spiro atoms. The van der Waals surface area contributed by atoms with Crippen LogP contribution in [-0.2, 0) is 5.41 Å². The minimum atomic E-state index is -0.156. The molecule has 0 saturated heterocycles. The van der Waals surface area contributed by atoms with Gasteiger partial charge in [0.05, 0.1) is 44.8 Å². The number of rotatable bonds is 3. The monoisotopic (exact) mass is 765 g/mol. The number of fused-ring (bicyclic) bond motifs is 13. The molecule has 1 aliphatic carbocycles. The van der Waals surface area contributed by atoms with Crippen molar-refractivity contribution < 1.29 is 4.42 Å². The van der Waals surface area contributed by atoms with Crippen LogP contribution >= 0.6 is 0 Å². The number of hydrogen-bond acceptors (Lipinski definition) is 4. The van der Waals surface area contributed by atoms with E-state index in [1.807, 2.05) is 54.6 Å². The number of hydrogen-bond donors (Lipinski definition) is 0. The Morgan fingerprint density at radius 3 is 1.93 bits per heavy atom. The molecule has 0 aliphatic heterocycles. The van der Waals surface area contributed by atoms with Gasteiger partial charge in [-0.3, -0.25) is 0 Å². The first-order chi connectivity index (χ1) is 29.4. The number of benzene rings is 8. The highest BCUT2D eigenvalue weighted by Crippen LogP contribution is 2.53. The summed E-state index contributed by atoms with van der Waals surface area (Å²) in [4.78, 5) is 0. The fourth-order valence-electron chi connectivity index (χ4n) is 10.2. The Labute approximate surface area is 344 Å². The van der Waals surface area contributed by atoms with Gasteiger partial charge in [-0.25, -0.2) is 0 Å². The molecule has 60 heavy (non-hydrogen) atoms. The molecule has 8 aromatic carbocycles. The predicted octanol–water partition coefficient (Wildman–Crippen LogP) is 13.4. The van der Waals surface area contributed by atoms with Crippen LogP contribution in [0, 0.1) is 34.0 Å². The summed E-state index contributed by atoms with van der Waals surface area (Å²) in [6, 6.07) is 58.8. The van der Waals surface area contributed by atoms with Gasteiger partial charge < -0.3 is 13.6 Å². The van der Waals surface area contributed by atoms with Gasteiger partial charge >= 0.3 is 0 Å². The summed E-state index contributed by atoms with van der Waals surface area (Å²) >= 11 is 0. The minimum absolute atomic E-state index is 0.156. The Morgan fingerprint density at radius 2 is 1.13 bits per heavy atom. The lowest BCUT2D eigenvalue weighted by Crippen LogP contribution is -2.14. The van der Waals surface area contributed by atoms with Crippen LogP contribution in [0.4, 0.5) is 0 Å². The van der Waals surface area contributed by atoms with Crippen LogP contribution in [0.3, 0.4) is 0 Å². The van der Waals surface area contributed by atoms with Crippen LogP contribution in [0.25, 0.3) is 99.2 Å². The third-order valence-corrected chi connectivity index (χ3v) is 12.8. The van der Waals surface area contributed by atoms with Crippen molar-refractivity contribution in [2.75, 3.05) is 0 Å². The number of furan rings is 1. The lowest BCUT2D eigenvalue weighted by atomic mass is 9.82. The summed E-state index contributed by atoms with van der Waals surface area (Å²) in [7, 11) is 0. The molecule has 11 aromatic rings. The zero-order valence-corrected chi connectivity index (χ0v) is 32.6. The zero-order chi connectivity index (χ0) is 40.4. The molecule has 0 unspecified atom stereocenters. The van der Waals surface area contributed by atoms with Crippen LogP contribution < -0.4 is 0 Å². The van der Waals surface area contributed by atoms with E-state index in [-0.39, 0.29) is 16.5 Å². The van der Waals surface area contributed by atoms with Gasteiger partial charge in [-0.05, 0) is 82.9 Å². The van der Waals surface area contributed by atoms with Crippen molar-refractivity contribution in [3.05, 3.63) is 179 Å². The van der Waals surface area contributed by atoms with E-state index in [2.05, 4.69) is 132 Å². The van der Waals surface area contributed by atoms with E-state index in [4.69, 9.17) is 4.42 Å². The van der Waals surface area contributed by atoms with Crippen LogP contribution in [0.15, 0.2) is 156 Å². The van der Waals surface area contributed by atoms with Gasteiger partial charge in [-0.2, -0.15) is 15.8 Å². The van der Waals surface area contributed by atoms with E-state index in [1.54, 1.807) is 6.07 Å². The third kappa shape index (κ3) is 4.38. The highest BCUT2D eigenvalue weighted by molar-refractivity contribution is 6.19. The molecule has 278 valence electrons. The molecule has 6 heteroatoms. The van der Waals surface area contributed by atoms with Crippen molar-refractivity contribution in [1.82, 2.24) is 9.13 Å². The van der Waals surface area contributed by atoms with Gasteiger partial charge in [0.2, 0.25) is 0 Å². The van der Waals surface area contributed by atoms with Crippen LogP contribution in [0.1, 0.15) is 41.7 Å². The molecule has 0 saturated carbocycles. The topological polar surface area (TPSA) is 94.4 Å². The number of para-hydroxylation sites is 3. The van der Waals surface area contributed by atoms with E-state index < -0.39 is 0 Å². The van der Waals surface area contributed by atoms with Crippen LogP contribution in [-0.4, -0.2) is 9.13 Å². The van der Waals surface area contributed by atoms with Gasteiger partial charge in [-0.1, -0.05) is 98.8 Å². The third-order valence-electron chi connectivity index (χ3n) is 12.8. The Kier molecular flexibility index (Phi) is 6.79. The first kappa shape index (κ1) is 33.7. The quantitative estimate of drug-likeness (QED) is 0.179. The minimum Gasteiger partial charge on any atom is -0.456 e. The van der Waals surface area contributed by atoms with E-state index >= 15 is 0 Å². The zero-order valence-electron chi connectivity index (χ0n) is 32.6. The van der Waals surface area contributed by atoms with Crippen molar-refractivity contribution in [1.29, 1.82) is 15.8 Å². The summed E-state index contributed by atoms with van der Waals surface area (Å²) in [5.74, 6) is 0. The predicted molar refractivity (Wildman–Crippen MR) is 240 cm³/mol. The lowest BCUT2D eigenvalue weighted by molar-refractivity contribution is 0.661. The molecule has 1 aliphatic rings. The Hall–Kier alpha value is -8.37. The average Bonchev–Trinajstić information content (AvgIpc) is 3.99. The van der Waals surface area contributed by atoms with Crippen molar-refractivity contribution in [2.45, 2.75) is 19.3 Å². The second kappa shape index (κ2) is 12.1. The van der Waals surface area contributed by atoms with Crippen LogP contribution in [0.5, 0.6) is 0 Å². The van der Waals surface area contributed by atoms with Gasteiger partial charge in [0, 0.05) is 66.3 Å². The second-order valence-electron chi connectivity index (χ2n) is 16.2. The van der Waals surface area contributed by atoms with Crippen molar-refractivity contribution in [3.8, 4) is 51.8 Å².